The Kier molecular flexibility index (Phi) is 3.44. The maximum atomic E-state index is 12.4. The highest BCUT2D eigenvalue weighted by Gasteiger charge is 2.58. The monoisotopic (exact) mass is 294 g/mol. The second-order valence-electron chi connectivity index (χ2n) is 6.47. The fourth-order valence-corrected chi connectivity index (χ4v) is 4.34. The number of nitrogens with zero attached hydrogens (tertiary/aromatic N) is 3. The minimum Gasteiger partial charge on any atom is -0.333 e. The molecule has 6 heteroatoms. The van der Waals surface area contributed by atoms with E-state index < -0.39 is 0 Å². The third-order valence-electron chi connectivity index (χ3n) is 4.84. The zero-order chi connectivity index (χ0) is 14.3. The largest absolute Gasteiger partial charge is 0.333 e. The Bertz CT molecular complexity index is 509. The Balaban J connectivity index is 1.59. The third kappa shape index (κ3) is 2.10. The van der Waals surface area contributed by atoms with Gasteiger partial charge in [0.05, 0.1) is 17.1 Å². The number of carbonyl (C=O) groups is 1. The molecule has 1 aromatic heterocycles. The molecule has 1 aromatic rings. The molecule has 2 heterocycles. The number of nitrogens with one attached hydrogen (secondary N) is 1. The van der Waals surface area contributed by atoms with Gasteiger partial charge in [0.25, 0.3) is 0 Å². The maximum Gasteiger partial charge on any atom is 0.317 e. The van der Waals surface area contributed by atoms with E-state index in [1.165, 1.54) is 30.8 Å². The number of carbonyl (C=O) groups excluding carboxylic acids is 1. The molecule has 1 aliphatic carbocycles. The first-order valence-electron chi connectivity index (χ1n) is 7.36. The van der Waals surface area contributed by atoms with Crippen molar-refractivity contribution in [1.82, 2.24) is 19.8 Å². The van der Waals surface area contributed by atoms with Crippen LogP contribution in [0.1, 0.15) is 43.7 Å². The molecule has 2 aliphatic rings. The molecule has 3 rings (SSSR count). The molecule has 1 N–H and O–H groups in total. The van der Waals surface area contributed by atoms with Crippen LogP contribution in [0.2, 0.25) is 0 Å². The molecule has 1 spiro atoms. The maximum absolute atomic E-state index is 12.4. The number of urea groups is 1. The molecule has 2 fully saturated rings. The number of rotatable bonds is 3. The second-order valence-corrected chi connectivity index (χ2v) is 7.31. The summed E-state index contributed by atoms with van der Waals surface area (Å²) in [5, 5.41) is 6.98. The average molecular weight is 294 g/mol. The summed E-state index contributed by atoms with van der Waals surface area (Å²) in [5.41, 5.74) is 1.35. The van der Waals surface area contributed by atoms with Crippen molar-refractivity contribution >= 4 is 17.6 Å². The van der Waals surface area contributed by atoms with Gasteiger partial charge in [-0.2, -0.15) is 0 Å². The first-order valence-corrected chi connectivity index (χ1v) is 8.13. The Morgan fingerprint density at radius 1 is 1.55 bits per heavy atom. The zero-order valence-corrected chi connectivity index (χ0v) is 13.2. The van der Waals surface area contributed by atoms with E-state index in [1.54, 1.807) is 0 Å². The van der Waals surface area contributed by atoms with Crippen LogP contribution in [0.3, 0.4) is 0 Å². The number of aromatic nitrogens is 2. The molecule has 20 heavy (non-hydrogen) atoms. The van der Waals surface area contributed by atoms with Gasteiger partial charge in [0, 0.05) is 18.0 Å². The molecule has 5 nitrogen and oxygen atoms in total. The van der Waals surface area contributed by atoms with Gasteiger partial charge in [-0.05, 0) is 37.2 Å². The SMILES string of the molecule is Cc1nnsc1CNC(=O)N1CC2(CCC2)C1C(C)C. The molecule has 0 aromatic carbocycles. The minimum absolute atomic E-state index is 0.0639. The van der Waals surface area contributed by atoms with E-state index in [0.29, 0.717) is 23.9 Å². The van der Waals surface area contributed by atoms with E-state index in [1.807, 2.05) is 11.8 Å². The summed E-state index contributed by atoms with van der Waals surface area (Å²) < 4.78 is 3.89. The number of aryl methyl sites for hydroxylation is 1. The molecular formula is C14H22N4OS. The Hall–Kier alpha value is -1.17. The van der Waals surface area contributed by atoms with Crippen molar-refractivity contribution < 1.29 is 4.79 Å². The average Bonchev–Trinajstić information content (AvgIpc) is 2.68. The van der Waals surface area contributed by atoms with E-state index in [0.717, 1.165) is 17.1 Å². The summed E-state index contributed by atoms with van der Waals surface area (Å²) in [7, 11) is 0. The molecule has 0 bridgehead atoms. The van der Waals surface area contributed by atoms with Crippen LogP contribution in [0.25, 0.3) is 0 Å². The van der Waals surface area contributed by atoms with Gasteiger partial charge in [0.2, 0.25) is 0 Å². The molecule has 110 valence electrons. The van der Waals surface area contributed by atoms with Gasteiger partial charge in [0.1, 0.15) is 0 Å². The predicted molar refractivity (Wildman–Crippen MR) is 78.5 cm³/mol. The van der Waals surface area contributed by atoms with Crippen molar-refractivity contribution in [2.75, 3.05) is 6.54 Å². The van der Waals surface area contributed by atoms with Gasteiger partial charge in [-0.25, -0.2) is 4.79 Å². The van der Waals surface area contributed by atoms with Crippen molar-refractivity contribution in [3.8, 4) is 0 Å². The summed E-state index contributed by atoms with van der Waals surface area (Å²) in [6, 6.07) is 0.478. The summed E-state index contributed by atoms with van der Waals surface area (Å²) in [4.78, 5) is 15.4. The molecule has 1 saturated carbocycles. The number of likely N-dealkylation sites (tertiary alicyclic amines) is 1. The van der Waals surface area contributed by atoms with Crippen molar-refractivity contribution in [2.24, 2.45) is 11.3 Å². The number of hydrogen-bond acceptors (Lipinski definition) is 4. The molecule has 1 aliphatic heterocycles. The van der Waals surface area contributed by atoms with Crippen molar-refractivity contribution in [2.45, 2.75) is 52.6 Å². The van der Waals surface area contributed by atoms with Crippen LogP contribution >= 0.6 is 11.5 Å². The summed E-state index contributed by atoms with van der Waals surface area (Å²) in [6.45, 7) is 7.84. The van der Waals surface area contributed by atoms with Crippen LogP contribution < -0.4 is 5.32 Å². The quantitative estimate of drug-likeness (QED) is 0.932. The smallest absolute Gasteiger partial charge is 0.317 e. The minimum atomic E-state index is 0.0639. The summed E-state index contributed by atoms with van der Waals surface area (Å²) in [6.07, 6.45) is 3.90. The van der Waals surface area contributed by atoms with Gasteiger partial charge in [-0.1, -0.05) is 24.8 Å². The zero-order valence-electron chi connectivity index (χ0n) is 12.3. The van der Waals surface area contributed by atoms with E-state index in [2.05, 4.69) is 28.8 Å². The van der Waals surface area contributed by atoms with Gasteiger partial charge in [-0.3, -0.25) is 0 Å². The molecule has 1 atom stereocenters. The van der Waals surface area contributed by atoms with E-state index in [-0.39, 0.29) is 6.03 Å². The highest BCUT2D eigenvalue weighted by atomic mass is 32.1. The first kappa shape index (κ1) is 13.8. The van der Waals surface area contributed by atoms with Crippen LogP contribution in [-0.2, 0) is 6.54 Å². The number of amides is 2. The van der Waals surface area contributed by atoms with Crippen molar-refractivity contribution in [1.29, 1.82) is 0 Å². The van der Waals surface area contributed by atoms with Crippen LogP contribution in [0.4, 0.5) is 4.79 Å². The van der Waals surface area contributed by atoms with Crippen LogP contribution in [0.15, 0.2) is 0 Å². The van der Waals surface area contributed by atoms with Gasteiger partial charge < -0.3 is 10.2 Å². The highest BCUT2D eigenvalue weighted by molar-refractivity contribution is 7.05. The van der Waals surface area contributed by atoms with Gasteiger partial charge >= 0.3 is 6.03 Å². The lowest BCUT2D eigenvalue weighted by molar-refractivity contribution is -0.116. The fraction of sp³-hybridized carbons (Fsp3) is 0.786. The Morgan fingerprint density at radius 3 is 2.80 bits per heavy atom. The van der Waals surface area contributed by atoms with E-state index in [9.17, 15) is 4.79 Å². The van der Waals surface area contributed by atoms with Gasteiger partial charge in [0.15, 0.2) is 0 Å². The predicted octanol–water partition coefficient (Wildman–Crippen LogP) is 2.57. The standard InChI is InChI=1S/C14H22N4OS/c1-9(2)12-14(5-4-6-14)8-18(12)13(19)15-7-11-10(3)16-17-20-11/h9,12H,4-8H2,1-3H3,(H,15,19). The van der Waals surface area contributed by atoms with Crippen LogP contribution in [-0.4, -0.2) is 33.1 Å². The Morgan fingerprint density at radius 2 is 2.30 bits per heavy atom. The lowest BCUT2D eigenvalue weighted by Gasteiger charge is -2.63. The lowest BCUT2D eigenvalue weighted by Crippen LogP contribution is -2.71. The first-order chi connectivity index (χ1) is 9.53. The third-order valence-corrected chi connectivity index (χ3v) is 5.66. The second kappa shape index (κ2) is 4.98. The van der Waals surface area contributed by atoms with E-state index in [4.69, 9.17) is 0 Å². The fourth-order valence-electron chi connectivity index (χ4n) is 3.77. The topological polar surface area (TPSA) is 58.1 Å². The molecule has 1 saturated heterocycles. The van der Waals surface area contributed by atoms with Crippen LogP contribution in [0, 0.1) is 18.3 Å². The Labute approximate surface area is 123 Å². The molecular weight excluding hydrogens is 272 g/mol. The molecule has 2 amide bonds. The molecule has 1 unspecified atom stereocenters. The molecule has 0 radical (unpaired) electrons. The summed E-state index contributed by atoms with van der Waals surface area (Å²) >= 11 is 1.36. The highest BCUT2D eigenvalue weighted by Crippen LogP contribution is 2.55. The van der Waals surface area contributed by atoms with Crippen LogP contribution in [0.5, 0.6) is 0 Å². The van der Waals surface area contributed by atoms with Gasteiger partial charge in [-0.15, -0.1) is 5.10 Å². The van der Waals surface area contributed by atoms with Crippen molar-refractivity contribution in [3.63, 3.8) is 0 Å². The van der Waals surface area contributed by atoms with E-state index >= 15 is 0 Å². The lowest BCUT2D eigenvalue weighted by atomic mass is 9.55. The number of hydrogen-bond donors (Lipinski definition) is 1. The van der Waals surface area contributed by atoms with Crippen molar-refractivity contribution in [3.05, 3.63) is 10.6 Å². The normalized spacial score (nSPS) is 23.6. The summed E-state index contributed by atoms with van der Waals surface area (Å²) in [5.74, 6) is 0.529.